The monoisotopic (exact) mass is 294 g/mol. The third kappa shape index (κ3) is 4.31. The summed E-state index contributed by atoms with van der Waals surface area (Å²) in [4.78, 5) is 14.7. The predicted octanol–water partition coefficient (Wildman–Crippen LogP) is 2.01. The number of hydrogen-bond donors (Lipinski definition) is 0. The first-order valence-corrected chi connectivity index (χ1v) is 6.02. The summed E-state index contributed by atoms with van der Waals surface area (Å²) in [5, 5.41) is 0. The second-order valence-electron chi connectivity index (χ2n) is 4.48. The molecule has 0 aliphatic carbocycles. The maximum atomic E-state index is 12.8. The van der Waals surface area contributed by atoms with Crippen LogP contribution >= 0.6 is 0 Å². The molecule has 0 atom stereocenters. The minimum Gasteiger partial charge on any atom is -0.382 e. The highest BCUT2D eigenvalue weighted by Gasteiger charge is 2.36. The van der Waals surface area contributed by atoms with E-state index in [1.807, 2.05) is 0 Å². The van der Waals surface area contributed by atoms with Crippen LogP contribution in [0, 0.1) is 0 Å². The lowest BCUT2D eigenvalue weighted by Crippen LogP contribution is -2.29. The molecule has 5 nitrogen and oxygen atoms in total. The zero-order chi connectivity index (χ0) is 15.3. The van der Waals surface area contributed by atoms with Gasteiger partial charge in [0.1, 0.15) is 6.73 Å². The van der Waals surface area contributed by atoms with E-state index in [2.05, 4.69) is 4.98 Å². The summed E-state index contributed by atoms with van der Waals surface area (Å²) in [5.74, 6) is -0.412. The summed E-state index contributed by atoms with van der Waals surface area (Å²) in [6, 6.07) is 0. The van der Waals surface area contributed by atoms with Crippen molar-refractivity contribution in [2.75, 3.05) is 20.3 Å². The number of halogens is 3. The highest BCUT2D eigenvalue weighted by atomic mass is 19.4. The fraction of sp³-hybridized carbons (Fsp3) is 0.667. The van der Waals surface area contributed by atoms with E-state index in [1.165, 1.54) is 7.11 Å². The van der Waals surface area contributed by atoms with Gasteiger partial charge in [-0.3, -0.25) is 4.57 Å². The average molecular weight is 294 g/mol. The fourth-order valence-electron chi connectivity index (χ4n) is 1.56. The molecule has 0 saturated carbocycles. The van der Waals surface area contributed by atoms with Crippen LogP contribution in [0.25, 0.3) is 0 Å². The van der Waals surface area contributed by atoms with Crippen molar-refractivity contribution in [3.63, 3.8) is 0 Å². The quantitative estimate of drug-likeness (QED) is 0.753. The topological polar surface area (TPSA) is 53.4 Å². The largest absolute Gasteiger partial charge is 0.433 e. The van der Waals surface area contributed by atoms with Crippen molar-refractivity contribution in [1.29, 1.82) is 0 Å². The van der Waals surface area contributed by atoms with Crippen LogP contribution in [0.1, 0.15) is 31.0 Å². The second kappa shape index (κ2) is 6.85. The first kappa shape index (κ1) is 16.6. The van der Waals surface area contributed by atoms with Crippen LogP contribution in [0.5, 0.6) is 0 Å². The molecule has 8 heteroatoms. The normalized spacial score (nSPS) is 12.2. The lowest BCUT2D eigenvalue weighted by molar-refractivity contribution is -0.142. The Bertz CT molecular complexity index is 498. The Balaban J connectivity index is 3.05. The summed E-state index contributed by atoms with van der Waals surface area (Å²) in [7, 11) is 1.49. The number of alkyl halides is 3. The molecule has 0 radical (unpaired) electrons. The summed E-state index contributed by atoms with van der Waals surface area (Å²) in [6.07, 6.45) is -3.50. The summed E-state index contributed by atoms with van der Waals surface area (Å²) in [5.41, 5.74) is -2.16. The van der Waals surface area contributed by atoms with Crippen molar-refractivity contribution in [3.8, 4) is 0 Å². The minimum absolute atomic E-state index is 0.0348. The highest BCUT2D eigenvalue weighted by Crippen LogP contribution is 2.32. The second-order valence-corrected chi connectivity index (χ2v) is 4.48. The zero-order valence-electron chi connectivity index (χ0n) is 11.5. The maximum Gasteiger partial charge on any atom is 0.433 e. The molecule has 0 unspecified atom stereocenters. The van der Waals surface area contributed by atoms with E-state index in [0.29, 0.717) is 6.61 Å². The number of methoxy groups -OCH3 is 1. The lowest BCUT2D eigenvalue weighted by Gasteiger charge is -2.16. The Kier molecular flexibility index (Phi) is 5.70. The first-order valence-electron chi connectivity index (χ1n) is 6.02. The molecule has 0 amide bonds. The van der Waals surface area contributed by atoms with Gasteiger partial charge >= 0.3 is 11.9 Å². The van der Waals surface area contributed by atoms with Crippen molar-refractivity contribution < 1.29 is 22.6 Å². The molecule has 0 aromatic carbocycles. The highest BCUT2D eigenvalue weighted by molar-refractivity contribution is 5.22. The van der Waals surface area contributed by atoms with Crippen LogP contribution in [0.15, 0.2) is 11.0 Å². The molecule has 0 spiro atoms. The molecule has 0 fully saturated rings. The van der Waals surface area contributed by atoms with E-state index in [-0.39, 0.29) is 18.9 Å². The van der Waals surface area contributed by atoms with Crippen LogP contribution in [0.2, 0.25) is 0 Å². The molecule has 0 saturated heterocycles. The van der Waals surface area contributed by atoms with E-state index in [0.717, 1.165) is 10.8 Å². The number of rotatable bonds is 6. The van der Waals surface area contributed by atoms with Crippen molar-refractivity contribution in [1.82, 2.24) is 9.55 Å². The van der Waals surface area contributed by atoms with Gasteiger partial charge in [-0.2, -0.15) is 18.2 Å². The third-order valence-corrected chi connectivity index (χ3v) is 2.57. The molecule has 0 bridgehead atoms. The number of ether oxygens (including phenoxy) is 2. The Morgan fingerprint density at radius 2 is 2.00 bits per heavy atom. The van der Waals surface area contributed by atoms with Crippen LogP contribution in [0.3, 0.4) is 0 Å². The van der Waals surface area contributed by atoms with Gasteiger partial charge in [-0.15, -0.1) is 0 Å². The maximum absolute atomic E-state index is 12.8. The standard InChI is InChI=1S/C12H17F3N2O3/c1-8(2)9-6-17(7-20-5-4-19-3)11(18)16-10(9)12(13,14)15/h6,8H,4-5,7H2,1-3H3. The van der Waals surface area contributed by atoms with Crippen molar-refractivity contribution in [2.24, 2.45) is 0 Å². The molecule has 1 heterocycles. The van der Waals surface area contributed by atoms with Gasteiger partial charge in [0.25, 0.3) is 0 Å². The molecule has 0 N–H and O–H groups in total. The molecule has 20 heavy (non-hydrogen) atoms. The number of aromatic nitrogens is 2. The summed E-state index contributed by atoms with van der Waals surface area (Å²) in [6.45, 7) is 3.62. The summed E-state index contributed by atoms with van der Waals surface area (Å²) >= 11 is 0. The fourth-order valence-corrected chi connectivity index (χ4v) is 1.56. The molecule has 1 aromatic heterocycles. The third-order valence-electron chi connectivity index (χ3n) is 2.57. The van der Waals surface area contributed by atoms with Crippen molar-refractivity contribution in [3.05, 3.63) is 27.9 Å². The van der Waals surface area contributed by atoms with Crippen molar-refractivity contribution >= 4 is 0 Å². The van der Waals surface area contributed by atoms with E-state index in [4.69, 9.17) is 9.47 Å². The van der Waals surface area contributed by atoms with Crippen LogP contribution in [-0.4, -0.2) is 29.9 Å². The van der Waals surface area contributed by atoms with Gasteiger partial charge in [0.2, 0.25) is 0 Å². The van der Waals surface area contributed by atoms with Gasteiger partial charge in [-0.1, -0.05) is 13.8 Å². The SMILES string of the molecule is COCCOCn1cc(C(C)C)c(C(F)(F)F)nc1=O. The molecule has 0 aliphatic rings. The van der Waals surface area contributed by atoms with E-state index < -0.39 is 23.5 Å². The lowest BCUT2D eigenvalue weighted by atomic mass is 10.0. The first-order chi connectivity index (χ1) is 9.27. The van der Waals surface area contributed by atoms with Gasteiger partial charge in [-0.05, 0) is 5.92 Å². The van der Waals surface area contributed by atoms with Crippen LogP contribution in [0.4, 0.5) is 13.2 Å². The average Bonchev–Trinajstić information content (AvgIpc) is 2.34. The molecule has 1 rings (SSSR count). The smallest absolute Gasteiger partial charge is 0.382 e. The molecule has 0 aliphatic heterocycles. The molecular weight excluding hydrogens is 277 g/mol. The van der Waals surface area contributed by atoms with Gasteiger partial charge in [0, 0.05) is 18.9 Å². The zero-order valence-corrected chi connectivity index (χ0v) is 11.5. The molecule has 1 aromatic rings. The van der Waals surface area contributed by atoms with E-state index in [9.17, 15) is 18.0 Å². The molecule has 114 valence electrons. The number of hydrogen-bond acceptors (Lipinski definition) is 4. The minimum atomic E-state index is -4.64. The number of nitrogens with zero attached hydrogens (tertiary/aromatic N) is 2. The molecular formula is C12H17F3N2O3. The Morgan fingerprint density at radius 3 is 2.50 bits per heavy atom. The van der Waals surface area contributed by atoms with Gasteiger partial charge in [0.15, 0.2) is 5.69 Å². The Labute approximate surface area is 114 Å². The van der Waals surface area contributed by atoms with Crippen LogP contribution < -0.4 is 5.69 Å². The van der Waals surface area contributed by atoms with Gasteiger partial charge in [0.05, 0.1) is 13.2 Å². The van der Waals surface area contributed by atoms with E-state index in [1.54, 1.807) is 13.8 Å². The summed E-state index contributed by atoms with van der Waals surface area (Å²) < 4.78 is 49.3. The van der Waals surface area contributed by atoms with Gasteiger partial charge < -0.3 is 9.47 Å². The Morgan fingerprint density at radius 1 is 1.35 bits per heavy atom. The van der Waals surface area contributed by atoms with Gasteiger partial charge in [-0.25, -0.2) is 4.79 Å². The predicted molar refractivity (Wildman–Crippen MR) is 65.4 cm³/mol. The van der Waals surface area contributed by atoms with Crippen LogP contribution in [-0.2, 0) is 22.4 Å². The van der Waals surface area contributed by atoms with Crippen molar-refractivity contribution in [2.45, 2.75) is 32.7 Å². The Hall–Kier alpha value is -1.41. The van der Waals surface area contributed by atoms with E-state index >= 15 is 0 Å².